The molecule has 2 amide bonds. The van der Waals surface area contributed by atoms with Gasteiger partial charge in [-0.15, -0.1) is 5.53 Å². The van der Waals surface area contributed by atoms with E-state index in [0.29, 0.717) is 18.5 Å². The van der Waals surface area contributed by atoms with Gasteiger partial charge in [-0.2, -0.15) is 0 Å². The van der Waals surface area contributed by atoms with Crippen LogP contribution in [0.15, 0.2) is 54.4 Å². The van der Waals surface area contributed by atoms with Gasteiger partial charge >= 0.3 is 6.03 Å². The number of rotatable bonds is 9. The van der Waals surface area contributed by atoms with Gasteiger partial charge in [-0.05, 0) is 74.6 Å². The summed E-state index contributed by atoms with van der Waals surface area (Å²) in [6.07, 6.45) is 6.52. The van der Waals surface area contributed by atoms with Crippen LogP contribution in [0, 0.1) is 6.92 Å². The number of urea groups is 1. The SMILES string of the molecule is CCCCC1=CN(c2ccc(NC(=O)Nc3cc(CCC(C)=O)ccc3C)cc2)NN1. The van der Waals surface area contributed by atoms with E-state index >= 15 is 0 Å². The number of amides is 2. The van der Waals surface area contributed by atoms with E-state index in [0.717, 1.165) is 47.5 Å². The highest BCUT2D eigenvalue weighted by atomic mass is 16.2. The van der Waals surface area contributed by atoms with Gasteiger partial charge in [0, 0.05) is 29.7 Å². The van der Waals surface area contributed by atoms with E-state index in [-0.39, 0.29) is 11.8 Å². The molecule has 0 aromatic heterocycles. The molecule has 0 bridgehead atoms. The molecule has 7 heteroatoms. The Balaban J connectivity index is 1.57. The van der Waals surface area contributed by atoms with Crippen molar-refractivity contribution in [1.29, 1.82) is 0 Å². The van der Waals surface area contributed by atoms with Gasteiger partial charge in [-0.25, -0.2) is 4.79 Å². The van der Waals surface area contributed by atoms with Crippen molar-refractivity contribution < 1.29 is 9.59 Å². The van der Waals surface area contributed by atoms with Crippen LogP contribution in [0.1, 0.15) is 50.7 Å². The zero-order valence-electron chi connectivity index (χ0n) is 18.4. The van der Waals surface area contributed by atoms with Crippen molar-refractivity contribution >= 4 is 28.9 Å². The third-order valence-electron chi connectivity index (χ3n) is 5.14. The Bertz CT molecular complexity index is 953. The molecule has 1 aliphatic heterocycles. The summed E-state index contributed by atoms with van der Waals surface area (Å²) in [5.74, 6) is 0.156. The molecule has 0 radical (unpaired) electrons. The summed E-state index contributed by atoms with van der Waals surface area (Å²) in [6, 6.07) is 13.2. The van der Waals surface area contributed by atoms with Gasteiger partial charge in [0.25, 0.3) is 0 Å². The zero-order chi connectivity index (χ0) is 22.2. The number of aryl methyl sites for hydroxylation is 2. The Morgan fingerprint density at radius 2 is 1.81 bits per heavy atom. The molecule has 3 rings (SSSR count). The number of nitrogens with zero attached hydrogens (tertiary/aromatic N) is 1. The quantitative estimate of drug-likeness (QED) is 0.457. The van der Waals surface area contributed by atoms with E-state index in [2.05, 4.69) is 28.5 Å². The number of benzene rings is 2. The van der Waals surface area contributed by atoms with Crippen LogP contribution in [-0.2, 0) is 11.2 Å². The Labute approximate surface area is 183 Å². The van der Waals surface area contributed by atoms with Crippen molar-refractivity contribution in [2.24, 2.45) is 0 Å². The second-order valence-electron chi connectivity index (χ2n) is 7.84. The molecule has 0 atom stereocenters. The van der Waals surface area contributed by atoms with Crippen molar-refractivity contribution in [2.45, 2.75) is 52.9 Å². The zero-order valence-corrected chi connectivity index (χ0v) is 18.4. The number of hydrogen-bond donors (Lipinski definition) is 4. The maximum absolute atomic E-state index is 12.5. The average molecular weight is 422 g/mol. The number of nitrogens with one attached hydrogen (secondary N) is 4. The number of anilines is 3. The fourth-order valence-electron chi connectivity index (χ4n) is 3.26. The molecule has 0 saturated heterocycles. The van der Waals surface area contributed by atoms with Gasteiger partial charge in [-0.1, -0.05) is 25.5 Å². The van der Waals surface area contributed by atoms with Crippen molar-refractivity contribution in [1.82, 2.24) is 11.0 Å². The van der Waals surface area contributed by atoms with Crippen molar-refractivity contribution in [3.8, 4) is 0 Å². The number of carbonyl (C=O) groups excluding carboxylic acids is 2. The molecule has 0 saturated carbocycles. The van der Waals surface area contributed by atoms with Crippen molar-refractivity contribution in [3.05, 3.63) is 65.5 Å². The monoisotopic (exact) mass is 421 g/mol. The number of Topliss-reactive ketones (excluding diaryl/α,β-unsaturated/α-hetero) is 1. The fourth-order valence-corrected chi connectivity index (χ4v) is 3.26. The summed E-state index contributed by atoms with van der Waals surface area (Å²) in [5, 5.41) is 7.69. The largest absolute Gasteiger partial charge is 0.323 e. The molecule has 2 aromatic carbocycles. The molecule has 1 aliphatic rings. The minimum absolute atomic E-state index is 0.156. The highest BCUT2D eigenvalue weighted by molar-refractivity contribution is 6.00. The predicted molar refractivity (Wildman–Crippen MR) is 126 cm³/mol. The van der Waals surface area contributed by atoms with Gasteiger partial charge < -0.3 is 20.9 Å². The van der Waals surface area contributed by atoms with Crippen LogP contribution in [0.5, 0.6) is 0 Å². The van der Waals surface area contributed by atoms with E-state index in [1.54, 1.807) is 6.92 Å². The standard InChI is InChI=1S/C24H31N5O2/c1-4-5-6-21-16-29(28-27-21)22-13-11-20(12-14-22)25-24(31)26-23-15-19(9-7-17(23)2)10-8-18(3)30/h7,9,11-16,27-28H,4-6,8,10H2,1-3H3,(H2,25,26,31). The molecule has 164 valence electrons. The molecular weight excluding hydrogens is 390 g/mol. The van der Waals surface area contributed by atoms with Crippen LogP contribution in [-0.4, -0.2) is 11.8 Å². The minimum atomic E-state index is -0.303. The molecule has 0 aliphatic carbocycles. The fraction of sp³-hybridized carbons (Fsp3) is 0.333. The number of ketones is 1. The maximum atomic E-state index is 12.5. The summed E-state index contributed by atoms with van der Waals surface area (Å²) in [4.78, 5) is 23.7. The lowest BCUT2D eigenvalue weighted by atomic mass is 10.0. The normalized spacial score (nSPS) is 12.9. The molecule has 7 nitrogen and oxygen atoms in total. The summed E-state index contributed by atoms with van der Waals surface area (Å²) in [6.45, 7) is 5.71. The summed E-state index contributed by atoms with van der Waals surface area (Å²) in [7, 11) is 0. The third-order valence-corrected chi connectivity index (χ3v) is 5.14. The lowest BCUT2D eigenvalue weighted by Crippen LogP contribution is -2.36. The van der Waals surface area contributed by atoms with Crippen LogP contribution < -0.4 is 26.6 Å². The second-order valence-corrected chi connectivity index (χ2v) is 7.84. The van der Waals surface area contributed by atoms with Gasteiger partial charge in [-0.3, -0.25) is 5.01 Å². The highest BCUT2D eigenvalue weighted by Crippen LogP contribution is 2.21. The van der Waals surface area contributed by atoms with Gasteiger partial charge in [0.15, 0.2) is 0 Å². The first-order chi connectivity index (χ1) is 14.9. The number of unbranched alkanes of at least 4 members (excludes halogenated alkanes) is 1. The Kier molecular flexibility index (Phi) is 7.67. The molecule has 31 heavy (non-hydrogen) atoms. The van der Waals surface area contributed by atoms with Crippen molar-refractivity contribution in [3.63, 3.8) is 0 Å². The second kappa shape index (κ2) is 10.6. The van der Waals surface area contributed by atoms with Crippen molar-refractivity contribution in [2.75, 3.05) is 15.6 Å². The van der Waals surface area contributed by atoms with Gasteiger partial charge in [0.1, 0.15) is 5.78 Å². The first-order valence-corrected chi connectivity index (χ1v) is 10.7. The molecule has 0 spiro atoms. The Morgan fingerprint density at radius 3 is 2.52 bits per heavy atom. The lowest BCUT2D eigenvalue weighted by Gasteiger charge is -2.16. The molecule has 4 N–H and O–H groups in total. The predicted octanol–water partition coefficient (Wildman–Crippen LogP) is 5.02. The maximum Gasteiger partial charge on any atom is 0.323 e. The lowest BCUT2D eigenvalue weighted by molar-refractivity contribution is -0.116. The molecule has 0 fully saturated rings. The van der Waals surface area contributed by atoms with E-state index < -0.39 is 0 Å². The van der Waals surface area contributed by atoms with E-state index in [1.165, 1.54) is 0 Å². The van der Waals surface area contributed by atoms with Crippen LogP contribution >= 0.6 is 0 Å². The minimum Gasteiger partial charge on any atom is -0.308 e. The molecule has 0 unspecified atom stereocenters. The van der Waals surface area contributed by atoms with E-state index in [1.807, 2.05) is 60.6 Å². The first-order valence-electron chi connectivity index (χ1n) is 10.7. The van der Waals surface area contributed by atoms with E-state index in [9.17, 15) is 9.59 Å². The summed E-state index contributed by atoms with van der Waals surface area (Å²) >= 11 is 0. The van der Waals surface area contributed by atoms with E-state index in [4.69, 9.17) is 0 Å². The van der Waals surface area contributed by atoms with Gasteiger partial charge in [0.2, 0.25) is 0 Å². The first kappa shape index (κ1) is 22.4. The topological polar surface area (TPSA) is 85.5 Å². The Hall–Kier alpha value is -3.32. The number of allylic oxidation sites excluding steroid dienone is 1. The number of hydrazine groups is 2. The molecular formula is C24H31N5O2. The Morgan fingerprint density at radius 1 is 1.03 bits per heavy atom. The number of carbonyl (C=O) groups is 2. The van der Waals surface area contributed by atoms with Gasteiger partial charge in [0.05, 0.1) is 5.69 Å². The van der Waals surface area contributed by atoms with Crippen LogP contribution in [0.25, 0.3) is 0 Å². The van der Waals surface area contributed by atoms with Crippen LogP contribution in [0.4, 0.5) is 21.9 Å². The van der Waals surface area contributed by atoms with Crippen LogP contribution in [0.3, 0.4) is 0 Å². The van der Waals surface area contributed by atoms with Crippen LogP contribution in [0.2, 0.25) is 0 Å². The number of hydrogen-bond acceptors (Lipinski definition) is 5. The third kappa shape index (κ3) is 6.58. The molecule has 1 heterocycles. The smallest absolute Gasteiger partial charge is 0.308 e. The highest BCUT2D eigenvalue weighted by Gasteiger charge is 2.13. The summed E-state index contributed by atoms with van der Waals surface area (Å²) < 4.78 is 0. The molecule has 2 aromatic rings. The average Bonchev–Trinajstić information content (AvgIpc) is 3.22. The summed E-state index contributed by atoms with van der Waals surface area (Å²) in [5.41, 5.74) is 11.9.